The Balaban J connectivity index is 1.93. The molecule has 2 aliphatic rings. The molecule has 0 spiro atoms. The lowest BCUT2D eigenvalue weighted by Gasteiger charge is -2.32. The van der Waals surface area contributed by atoms with Gasteiger partial charge in [-0.3, -0.25) is 14.5 Å². The van der Waals surface area contributed by atoms with Crippen molar-refractivity contribution in [2.75, 3.05) is 13.2 Å². The number of rotatable bonds is 3. The molecule has 0 aromatic rings. The summed E-state index contributed by atoms with van der Waals surface area (Å²) in [4.78, 5) is 24.9. The van der Waals surface area contributed by atoms with E-state index in [1.54, 1.807) is 0 Å². The summed E-state index contributed by atoms with van der Waals surface area (Å²) in [5.74, 6) is 0.186. The highest BCUT2D eigenvalue weighted by Gasteiger charge is 2.40. The van der Waals surface area contributed by atoms with E-state index >= 15 is 0 Å². The molecule has 15 heavy (non-hydrogen) atoms. The van der Waals surface area contributed by atoms with Crippen LogP contribution >= 0.6 is 0 Å². The number of carbonyl (C=O) groups is 2. The molecule has 2 aliphatic heterocycles. The van der Waals surface area contributed by atoms with Gasteiger partial charge in [0, 0.05) is 24.9 Å². The average Bonchev–Trinajstić information content (AvgIpc) is 2.44. The molecule has 2 fully saturated rings. The lowest BCUT2D eigenvalue weighted by Crippen LogP contribution is -2.45. The summed E-state index contributed by atoms with van der Waals surface area (Å²) in [6.07, 6.45) is 3.34. The van der Waals surface area contributed by atoms with E-state index in [0.29, 0.717) is 43.9 Å². The monoisotopic (exact) mass is 211 g/mol. The molecule has 0 aromatic carbocycles. The minimum absolute atomic E-state index is 0.163. The minimum Gasteiger partial charge on any atom is -0.465 e. The molecule has 0 aromatic heterocycles. The smallest absolute Gasteiger partial charge is 0.320 e. The second-order valence-corrected chi connectivity index (χ2v) is 4.31. The summed E-state index contributed by atoms with van der Waals surface area (Å²) < 4.78 is 4.93. The number of hydrogen-bond acceptors (Lipinski definition) is 4. The summed E-state index contributed by atoms with van der Waals surface area (Å²) in [6.45, 7) is 2.60. The Morgan fingerprint density at radius 2 is 2.00 bits per heavy atom. The van der Waals surface area contributed by atoms with Crippen LogP contribution in [-0.2, 0) is 14.3 Å². The van der Waals surface area contributed by atoms with Gasteiger partial charge >= 0.3 is 5.97 Å². The number of piperidine rings is 1. The Kier molecular flexibility index (Phi) is 3.05. The molecule has 4 nitrogen and oxygen atoms in total. The molecule has 4 heteroatoms. The second-order valence-electron chi connectivity index (χ2n) is 4.31. The normalized spacial score (nSPS) is 30.6. The van der Waals surface area contributed by atoms with Crippen molar-refractivity contribution >= 4 is 11.8 Å². The van der Waals surface area contributed by atoms with Crippen molar-refractivity contribution < 1.29 is 14.3 Å². The number of carbonyl (C=O) groups excluding carboxylic acids is 2. The molecule has 0 radical (unpaired) electrons. The molecule has 0 N–H and O–H groups in total. The van der Waals surface area contributed by atoms with E-state index in [1.165, 1.54) is 0 Å². The molecule has 2 heterocycles. The largest absolute Gasteiger partial charge is 0.465 e. The van der Waals surface area contributed by atoms with E-state index in [-0.39, 0.29) is 5.97 Å². The highest BCUT2D eigenvalue weighted by atomic mass is 16.5. The predicted molar refractivity (Wildman–Crippen MR) is 54.4 cm³/mol. The number of Topliss-reactive ketones (excluding diaryl/α,β-unsaturated/α-hetero) is 1. The van der Waals surface area contributed by atoms with Gasteiger partial charge in [0.2, 0.25) is 0 Å². The lowest BCUT2D eigenvalue weighted by molar-refractivity contribution is -0.146. The fourth-order valence-corrected chi connectivity index (χ4v) is 2.68. The van der Waals surface area contributed by atoms with Crippen LogP contribution in [0.4, 0.5) is 0 Å². The highest BCUT2D eigenvalue weighted by Crippen LogP contribution is 2.33. The van der Waals surface area contributed by atoms with Crippen molar-refractivity contribution in [2.45, 2.75) is 44.7 Å². The molecule has 84 valence electrons. The van der Waals surface area contributed by atoms with Crippen molar-refractivity contribution in [3.8, 4) is 0 Å². The zero-order valence-corrected chi connectivity index (χ0v) is 9.07. The number of fused-ring (bicyclic) bond motifs is 2. The first-order valence-corrected chi connectivity index (χ1v) is 5.63. The molecular formula is C11H17NO3. The standard InChI is InChI=1S/C11H17NO3/c1-2-15-11(14)7-12-8-3-4-9(12)6-10(13)5-8/h8-9H,2-7H2,1H3. The average molecular weight is 211 g/mol. The van der Waals surface area contributed by atoms with Crippen LogP contribution in [0.15, 0.2) is 0 Å². The number of ether oxygens (including phenoxy) is 1. The Morgan fingerprint density at radius 3 is 2.53 bits per heavy atom. The first-order valence-electron chi connectivity index (χ1n) is 5.63. The topological polar surface area (TPSA) is 46.6 Å². The van der Waals surface area contributed by atoms with E-state index in [1.807, 2.05) is 6.92 Å². The molecular weight excluding hydrogens is 194 g/mol. The third-order valence-electron chi connectivity index (χ3n) is 3.31. The molecule has 2 bridgehead atoms. The molecule has 2 unspecified atom stereocenters. The Labute approximate surface area is 89.6 Å². The fourth-order valence-electron chi connectivity index (χ4n) is 2.68. The van der Waals surface area contributed by atoms with Gasteiger partial charge in [-0.1, -0.05) is 0 Å². The van der Waals surface area contributed by atoms with Crippen molar-refractivity contribution in [1.82, 2.24) is 4.90 Å². The van der Waals surface area contributed by atoms with Crippen LogP contribution in [0.5, 0.6) is 0 Å². The van der Waals surface area contributed by atoms with E-state index in [4.69, 9.17) is 4.74 Å². The summed E-state index contributed by atoms with van der Waals surface area (Å²) in [5, 5.41) is 0. The van der Waals surface area contributed by atoms with Crippen molar-refractivity contribution in [3.05, 3.63) is 0 Å². The Hall–Kier alpha value is -0.900. The van der Waals surface area contributed by atoms with E-state index < -0.39 is 0 Å². The molecule has 0 amide bonds. The van der Waals surface area contributed by atoms with Crippen LogP contribution in [0.1, 0.15) is 32.6 Å². The van der Waals surface area contributed by atoms with Gasteiger partial charge in [-0.25, -0.2) is 0 Å². The van der Waals surface area contributed by atoms with Crippen LogP contribution in [0.3, 0.4) is 0 Å². The van der Waals surface area contributed by atoms with Gasteiger partial charge in [0.25, 0.3) is 0 Å². The van der Waals surface area contributed by atoms with Crippen LogP contribution in [-0.4, -0.2) is 41.9 Å². The first-order chi connectivity index (χ1) is 7.20. The number of nitrogens with zero attached hydrogens (tertiary/aromatic N) is 1. The molecule has 2 rings (SSSR count). The maximum atomic E-state index is 11.4. The first kappa shape index (κ1) is 10.6. The molecule has 2 atom stereocenters. The van der Waals surface area contributed by atoms with Crippen molar-refractivity contribution in [2.24, 2.45) is 0 Å². The van der Waals surface area contributed by atoms with Crippen LogP contribution < -0.4 is 0 Å². The van der Waals surface area contributed by atoms with E-state index in [9.17, 15) is 9.59 Å². The van der Waals surface area contributed by atoms with Crippen LogP contribution in [0, 0.1) is 0 Å². The summed E-state index contributed by atoms with van der Waals surface area (Å²) in [6, 6.07) is 0.585. The maximum Gasteiger partial charge on any atom is 0.320 e. The number of hydrogen-bond donors (Lipinski definition) is 0. The van der Waals surface area contributed by atoms with Gasteiger partial charge in [0.05, 0.1) is 13.2 Å². The molecule has 0 saturated carbocycles. The molecule has 2 saturated heterocycles. The zero-order chi connectivity index (χ0) is 10.8. The van der Waals surface area contributed by atoms with Crippen LogP contribution in [0.25, 0.3) is 0 Å². The van der Waals surface area contributed by atoms with E-state index in [0.717, 1.165) is 12.8 Å². The highest BCUT2D eigenvalue weighted by molar-refractivity contribution is 5.81. The summed E-state index contributed by atoms with van der Waals surface area (Å²) >= 11 is 0. The van der Waals surface area contributed by atoms with Gasteiger partial charge in [-0.2, -0.15) is 0 Å². The third-order valence-corrected chi connectivity index (χ3v) is 3.31. The van der Waals surface area contributed by atoms with Gasteiger partial charge in [-0.15, -0.1) is 0 Å². The summed E-state index contributed by atoms with van der Waals surface area (Å²) in [5.41, 5.74) is 0. The van der Waals surface area contributed by atoms with Gasteiger partial charge < -0.3 is 4.74 Å². The van der Waals surface area contributed by atoms with Crippen molar-refractivity contribution in [3.63, 3.8) is 0 Å². The quantitative estimate of drug-likeness (QED) is 0.646. The van der Waals surface area contributed by atoms with Gasteiger partial charge in [0.1, 0.15) is 5.78 Å². The Morgan fingerprint density at radius 1 is 1.40 bits per heavy atom. The fraction of sp³-hybridized carbons (Fsp3) is 0.818. The predicted octanol–water partition coefficient (Wildman–Crippen LogP) is 0.745. The van der Waals surface area contributed by atoms with Crippen LogP contribution in [0.2, 0.25) is 0 Å². The third kappa shape index (κ3) is 2.20. The van der Waals surface area contributed by atoms with E-state index in [2.05, 4.69) is 4.90 Å². The second kappa shape index (κ2) is 4.31. The zero-order valence-electron chi connectivity index (χ0n) is 9.07. The Bertz CT molecular complexity index is 261. The maximum absolute atomic E-state index is 11.4. The minimum atomic E-state index is -0.163. The van der Waals surface area contributed by atoms with Crippen molar-refractivity contribution in [1.29, 1.82) is 0 Å². The molecule has 0 aliphatic carbocycles. The van der Waals surface area contributed by atoms with Gasteiger partial charge in [-0.05, 0) is 19.8 Å². The summed E-state index contributed by atoms with van der Waals surface area (Å²) in [7, 11) is 0. The van der Waals surface area contributed by atoms with Gasteiger partial charge in [0.15, 0.2) is 0 Å². The number of ketones is 1. The number of esters is 1. The SMILES string of the molecule is CCOC(=O)CN1C2CCC1CC(=O)C2. The lowest BCUT2D eigenvalue weighted by atomic mass is 10.0.